The lowest BCUT2D eigenvalue weighted by molar-refractivity contribution is -0.0379. The number of rotatable bonds is 5. The quantitative estimate of drug-likeness (QED) is 0.344. The highest BCUT2D eigenvalue weighted by atomic mass is 32.2. The van der Waals surface area contributed by atoms with Gasteiger partial charge >= 0.3 is 0 Å². The molecule has 0 bridgehead atoms. The molecule has 0 radical (unpaired) electrons. The van der Waals surface area contributed by atoms with Crippen LogP contribution >= 0.6 is 23.1 Å². The highest BCUT2D eigenvalue weighted by molar-refractivity contribution is 7.99. The topological polar surface area (TPSA) is 38.2 Å². The Balaban J connectivity index is 1.44. The van der Waals surface area contributed by atoms with Crippen molar-refractivity contribution in [2.45, 2.75) is 63.8 Å². The van der Waals surface area contributed by atoms with Crippen molar-refractivity contribution in [3.63, 3.8) is 0 Å². The lowest BCUT2D eigenvalue weighted by Crippen LogP contribution is -2.35. The minimum Gasteiger partial charge on any atom is -0.370 e. The van der Waals surface area contributed by atoms with E-state index in [1.807, 2.05) is 0 Å². The van der Waals surface area contributed by atoms with Crippen LogP contribution in [0.3, 0.4) is 0 Å². The van der Waals surface area contributed by atoms with Crippen molar-refractivity contribution in [2.75, 3.05) is 23.7 Å². The maximum Gasteiger partial charge on any atom is 0.190 e. The van der Waals surface area contributed by atoms with E-state index in [0.717, 1.165) is 47.0 Å². The van der Waals surface area contributed by atoms with E-state index in [-0.39, 0.29) is 5.60 Å². The molecule has 6 heteroatoms. The summed E-state index contributed by atoms with van der Waals surface area (Å²) >= 11 is 3.55. The molecule has 1 aromatic carbocycles. The molecule has 0 atom stereocenters. The molecule has 3 aromatic rings. The number of thiophene rings is 1. The molecule has 2 aliphatic rings. The van der Waals surface area contributed by atoms with Gasteiger partial charge in [0, 0.05) is 24.4 Å². The van der Waals surface area contributed by atoms with Crippen molar-refractivity contribution in [3.8, 4) is 0 Å². The van der Waals surface area contributed by atoms with Crippen molar-refractivity contribution in [3.05, 3.63) is 46.3 Å². The van der Waals surface area contributed by atoms with Crippen molar-refractivity contribution in [2.24, 2.45) is 5.92 Å². The number of aromatic nitrogens is 2. The fraction of sp³-hybridized carbons (Fsp3) is 0.520. The molecule has 0 amide bonds. The van der Waals surface area contributed by atoms with Crippen LogP contribution in [-0.4, -0.2) is 34.4 Å². The van der Waals surface area contributed by atoms with Crippen LogP contribution in [0, 0.1) is 5.92 Å². The molecule has 1 fully saturated rings. The highest BCUT2D eigenvalue weighted by Crippen LogP contribution is 2.43. The van der Waals surface area contributed by atoms with E-state index in [2.05, 4.69) is 56.0 Å². The van der Waals surface area contributed by atoms with Crippen LogP contribution in [0.2, 0.25) is 0 Å². The molecule has 5 rings (SSSR count). The van der Waals surface area contributed by atoms with E-state index in [4.69, 9.17) is 14.7 Å². The summed E-state index contributed by atoms with van der Waals surface area (Å²) in [4.78, 5) is 15.0. The van der Waals surface area contributed by atoms with E-state index in [1.165, 1.54) is 40.7 Å². The first kappa shape index (κ1) is 21.2. The zero-order chi connectivity index (χ0) is 21.4. The maximum absolute atomic E-state index is 6.10. The predicted molar refractivity (Wildman–Crippen MR) is 131 cm³/mol. The van der Waals surface area contributed by atoms with Gasteiger partial charge in [-0.15, -0.1) is 11.3 Å². The Kier molecular flexibility index (Phi) is 5.97. The third-order valence-corrected chi connectivity index (χ3v) is 8.27. The van der Waals surface area contributed by atoms with Crippen molar-refractivity contribution < 1.29 is 4.74 Å². The lowest BCUT2D eigenvalue weighted by Gasteiger charge is -2.34. The molecule has 1 saturated heterocycles. The Labute approximate surface area is 193 Å². The van der Waals surface area contributed by atoms with E-state index < -0.39 is 0 Å². The van der Waals surface area contributed by atoms with Gasteiger partial charge in [-0.3, -0.25) is 0 Å². The maximum atomic E-state index is 6.10. The summed E-state index contributed by atoms with van der Waals surface area (Å²) < 4.78 is 6.10. The summed E-state index contributed by atoms with van der Waals surface area (Å²) in [6.07, 6.45) is 4.56. The number of hydrogen-bond acceptors (Lipinski definition) is 6. The lowest BCUT2D eigenvalue weighted by atomic mass is 9.90. The third-order valence-electron chi connectivity index (χ3n) is 6.45. The van der Waals surface area contributed by atoms with Gasteiger partial charge in [0.05, 0.1) is 17.6 Å². The zero-order valence-electron chi connectivity index (χ0n) is 18.7. The predicted octanol–water partition coefficient (Wildman–Crippen LogP) is 6.11. The second-order valence-corrected chi connectivity index (χ2v) is 11.6. The van der Waals surface area contributed by atoms with Gasteiger partial charge in [-0.2, -0.15) is 0 Å². The number of anilines is 1. The van der Waals surface area contributed by atoms with Crippen LogP contribution in [0.25, 0.3) is 10.2 Å². The molecule has 0 spiro atoms. The van der Waals surface area contributed by atoms with E-state index in [9.17, 15) is 0 Å². The molecular formula is C25H31N3OS2. The van der Waals surface area contributed by atoms with Crippen LogP contribution in [0.1, 0.15) is 49.6 Å². The first-order valence-corrected chi connectivity index (χ1v) is 13.2. The number of ether oxygens (including phenoxy) is 1. The normalized spacial score (nSPS) is 19.0. The zero-order valence-corrected chi connectivity index (χ0v) is 20.3. The standard InChI is InChI=1S/C25H31N3OS2/c1-4-30-24-26-22(21-19-15-25(2,3)29-16-20(19)31-23(21)27-24)28-12-10-18(11-13-28)14-17-8-6-5-7-9-17/h5-9,18H,4,10-16H2,1-3H3. The van der Waals surface area contributed by atoms with Crippen LogP contribution in [-0.2, 0) is 24.2 Å². The fourth-order valence-corrected chi connectivity index (χ4v) is 6.55. The average Bonchev–Trinajstić information content (AvgIpc) is 3.11. The Morgan fingerprint density at radius 1 is 1.16 bits per heavy atom. The fourth-order valence-electron chi connectivity index (χ4n) is 4.83. The van der Waals surface area contributed by atoms with Gasteiger partial charge in [0.2, 0.25) is 0 Å². The minimum absolute atomic E-state index is 0.127. The van der Waals surface area contributed by atoms with Crippen LogP contribution < -0.4 is 4.90 Å². The Morgan fingerprint density at radius 2 is 1.94 bits per heavy atom. The summed E-state index contributed by atoms with van der Waals surface area (Å²) in [5, 5.41) is 2.20. The summed E-state index contributed by atoms with van der Waals surface area (Å²) in [6, 6.07) is 10.9. The van der Waals surface area contributed by atoms with E-state index in [0.29, 0.717) is 6.61 Å². The van der Waals surface area contributed by atoms with Gasteiger partial charge < -0.3 is 9.64 Å². The SMILES string of the molecule is CCSc1nc(N2CCC(Cc3ccccc3)CC2)c2c3c(sc2n1)COC(C)(C)C3. The smallest absolute Gasteiger partial charge is 0.190 e. The molecule has 0 aliphatic carbocycles. The second kappa shape index (κ2) is 8.72. The third kappa shape index (κ3) is 4.48. The summed E-state index contributed by atoms with van der Waals surface area (Å²) in [7, 11) is 0. The molecule has 164 valence electrons. The summed E-state index contributed by atoms with van der Waals surface area (Å²) in [5.41, 5.74) is 2.75. The van der Waals surface area contributed by atoms with Gasteiger partial charge in [-0.05, 0) is 55.9 Å². The Hall–Kier alpha value is -1.63. The number of thioether (sulfide) groups is 1. The van der Waals surface area contributed by atoms with E-state index in [1.54, 1.807) is 23.1 Å². The molecule has 2 aliphatic heterocycles. The summed E-state index contributed by atoms with van der Waals surface area (Å²) in [6.45, 7) is 9.39. The van der Waals surface area contributed by atoms with Gasteiger partial charge in [0.15, 0.2) is 5.16 Å². The second-order valence-electron chi connectivity index (χ2n) is 9.29. The first-order valence-electron chi connectivity index (χ1n) is 11.4. The molecule has 0 unspecified atom stereocenters. The molecule has 0 saturated carbocycles. The van der Waals surface area contributed by atoms with Gasteiger partial charge in [0.1, 0.15) is 10.6 Å². The average molecular weight is 454 g/mol. The van der Waals surface area contributed by atoms with Gasteiger partial charge in [-0.25, -0.2) is 9.97 Å². The van der Waals surface area contributed by atoms with Crippen LogP contribution in [0.5, 0.6) is 0 Å². The first-order chi connectivity index (χ1) is 15.0. The molecule has 0 N–H and O–H groups in total. The number of fused-ring (bicyclic) bond motifs is 3. The number of nitrogens with zero attached hydrogens (tertiary/aromatic N) is 3. The molecule has 4 heterocycles. The van der Waals surface area contributed by atoms with Crippen molar-refractivity contribution >= 4 is 39.1 Å². The van der Waals surface area contributed by atoms with Crippen LogP contribution in [0.4, 0.5) is 5.82 Å². The minimum atomic E-state index is -0.127. The Morgan fingerprint density at radius 3 is 2.68 bits per heavy atom. The number of piperidine rings is 1. The number of benzene rings is 1. The summed E-state index contributed by atoms with van der Waals surface area (Å²) in [5.74, 6) is 2.91. The monoisotopic (exact) mass is 453 g/mol. The van der Waals surface area contributed by atoms with Crippen LogP contribution in [0.15, 0.2) is 35.5 Å². The molecule has 4 nitrogen and oxygen atoms in total. The largest absolute Gasteiger partial charge is 0.370 e. The van der Waals surface area contributed by atoms with Gasteiger partial charge in [0.25, 0.3) is 0 Å². The highest BCUT2D eigenvalue weighted by Gasteiger charge is 2.32. The molecule has 31 heavy (non-hydrogen) atoms. The molecule has 2 aromatic heterocycles. The van der Waals surface area contributed by atoms with E-state index >= 15 is 0 Å². The Bertz CT molecular complexity index is 1060. The van der Waals surface area contributed by atoms with Crippen molar-refractivity contribution in [1.29, 1.82) is 0 Å². The van der Waals surface area contributed by atoms with Gasteiger partial charge in [-0.1, -0.05) is 49.0 Å². The van der Waals surface area contributed by atoms with Crippen molar-refractivity contribution in [1.82, 2.24) is 9.97 Å². The number of hydrogen-bond donors (Lipinski definition) is 0. The molecular weight excluding hydrogens is 422 g/mol.